The van der Waals surface area contributed by atoms with Gasteiger partial charge in [0.15, 0.2) is 6.10 Å². The van der Waals surface area contributed by atoms with E-state index < -0.39 is 6.10 Å². The van der Waals surface area contributed by atoms with Gasteiger partial charge in [-0.3, -0.25) is 9.69 Å². The van der Waals surface area contributed by atoms with Gasteiger partial charge in [0, 0.05) is 12.8 Å². The fourth-order valence-electron chi connectivity index (χ4n) is 2.80. The molecule has 25 heavy (non-hydrogen) atoms. The van der Waals surface area contributed by atoms with E-state index in [9.17, 15) is 4.79 Å². The van der Waals surface area contributed by atoms with E-state index in [-0.39, 0.29) is 18.7 Å². The van der Waals surface area contributed by atoms with Gasteiger partial charge in [0.2, 0.25) is 0 Å². The molecule has 2 aromatic rings. The number of methoxy groups -OCH3 is 2. The summed E-state index contributed by atoms with van der Waals surface area (Å²) in [6, 6.07) is 17.2. The number of hydrogen-bond acceptors (Lipinski definition) is 4. The zero-order chi connectivity index (χ0) is 17.6. The van der Waals surface area contributed by atoms with Crippen molar-refractivity contribution in [2.24, 2.45) is 0 Å². The minimum atomic E-state index is -0.540. The van der Waals surface area contributed by atoms with Crippen LogP contribution in [0.25, 0.3) is 6.08 Å². The van der Waals surface area contributed by atoms with Gasteiger partial charge in [0.05, 0.1) is 13.2 Å². The highest BCUT2D eigenvalue weighted by atomic mass is 16.7. The monoisotopic (exact) mass is 339 g/mol. The first kappa shape index (κ1) is 17.2. The molecule has 5 nitrogen and oxygen atoms in total. The van der Waals surface area contributed by atoms with Crippen LogP contribution < -0.4 is 9.64 Å². The lowest BCUT2D eigenvalue weighted by Crippen LogP contribution is -2.65. The van der Waals surface area contributed by atoms with E-state index in [0.29, 0.717) is 0 Å². The molecule has 0 N–H and O–H groups in total. The van der Waals surface area contributed by atoms with Gasteiger partial charge in [-0.15, -0.1) is 0 Å². The summed E-state index contributed by atoms with van der Waals surface area (Å²) in [7, 11) is 3.16. The van der Waals surface area contributed by atoms with Crippen LogP contribution in [0.4, 0.5) is 5.69 Å². The number of benzene rings is 2. The Hall–Kier alpha value is -2.63. The molecule has 2 unspecified atom stereocenters. The minimum Gasteiger partial charge on any atom is -0.497 e. The number of ether oxygens (including phenoxy) is 3. The summed E-state index contributed by atoms with van der Waals surface area (Å²) in [6.45, 7) is 0.0858. The Labute approximate surface area is 147 Å². The van der Waals surface area contributed by atoms with Gasteiger partial charge in [-0.1, -0.05) is 42.5 Å². The molecule has 0 aliphatic carbocycles. The van der Waals surface area contributed by atoms with Crippen molar-refractivity contribution >= 4 is 17.7 Å². The maximum Gasteiger partial charge on any atom is 0.259 e. The third-order valence-electron chi connectivity index (χ3n) is 4.09. The van der Waals surface area contributed by atoms with E-state index in [1.54, 1.807) is 19.1 Å². The van der Waals surface area contributed by atoms with Crippen molar-refractivity contribution in [1.29, 1.82) is 0 Å². The second-order valence-electron chi connectivity index (χ2n) is 5.66. The molecule has 1 fully saturated rings. The van der Waals surface area contributed by atoms with Crippen LogP contribution in [0.5, 0.6) is 5.75 Å². The highest BCUT2D eigenvalue weighted by molar-refractivity contribution is 6.05. The molecule has 1 amide bonds. The Morgan fingerprint density at radius 3 is 2.40 bits per heavy atom. The summed E-state index contributed by atoms with van der Waals surface area (Å²) in [6.07, 6.45) is 3.44. The fourth-order valence-corrected chi connectivity index (χ4v) is 2.80. The van der Waals surface area contributed by atoms with Crippen LogP contribution in [0.15, 0.2) is 60.7 Å². The Bertz CT molecular complexity index is 727. The van der Waals surface area contributed by atoms with Crippen LogP contribution in [0.3, 0.4) is 0 Å². The van der Waals surface area contributed by atoms with E-state index in [4.69, 9.17) is 14.2 Å². The number of anilines is 1. The highest BCUT2D eigenvalue weighted by Gasteiger charge is 2.47. The van der Waals surface area contributed by atoms with Crippen LogP contribution in [-0.2, 0) is 14.3 Å². The topological polar surface area (TPSA) is 48.0 Å². The van der Waals surface area contributed by atoms with E-state index >= 15 is 0 Å². The molecule has 130 valence electrons. The first-order valence-electron chi connectivity index (χ1n) is 8.05. The third kappa shape index (κ3) is 3.73. The maximum absolute atomic E-state index is 12.5. The number of β-lactam (4-membered cyclic amide) rings is 1. The van der Waals surface area contributed by atoms with Crippen LogP contribution in [0.2, 0.25) is 0 Å². The summed E-state index contributed by atoms with van der Waals surface area (Å²) in [4.78, 5) is 14.2. The van der Waals surface area contributed by atoms with Gasteiger partial charge in [0.1, 0.15) is 12.5 Å². The SMILES string of the molecule is COCOC1C(=O)N(c2ccc(OC)cc2)C1/C=C/c1ccccc1. The first-order valence-corrected chi connectivity index (χ1v) is 8.05. The molecule has 0 aromatic heterocycles. The number of carbonyl (C=O) groups is 1. The van der Waals surface area contributed by atoms with Crippen LogP contribution in [-0.4, -0.2) is 39.1 Å². The highest BCUT2D eigenvalue weighted by Crippen LogP contribution is 2.32. The van der Waals surface area contributed by atoms with Gasteiger partial charge in [-0.2, -0.15) is 0 Å². The summed E-state index contributed by atoms with van der Waals surface area (Å²) < 4.78 is 15.7. The number of nitrogens with zero attached hydrogens (tertiary/aromatic N) is 1. The zero-order valence-electron chi connectivity index (χ0n) is 14.3. The van der Waals surface area contributed by atoms with Crippen molar-refractivity contribution in [3.8, 4) is 5.75 Å². The Kier molecular flexibility index (Phi) is 5.48. The lowest BCUT2D eigenvalue weighted by atomic mass is 9.95. The van der Waals surface area contributed by atoms with E-state index in [1.807, 2.05) is 66.7 Å². The number of amides is 1. The second kappa shape index (κ2) is 7.96. The van der Waals surface area contributed by atoms with E-state index in [2.05, 4.69) is 0 Å². The van der Waals surface area contributed by atoms with Crippen molar-refractivity contribution in [2.75, 3.05) is 25.9 Å². The zero-order valence-corrected chi connectivity index (χ0v) is 14.3. The standard InChI is InChI=1S/C20H21NO4/c1-23-14-25-19-18(13-8-15-6-4-3-5-7-15)21(20(19)22)16-9-11-17(24-2)12-10-16/h3-13,18-19H,14H2,1-2H3/b13-8+. The summed E-state index contributed by atoms with van der Waals surface area (Å²) in [5, 5.41) is 0. The fraction of sp³-hybridized carbons (Fsp3) is 0.250. The lowest BCUT2D eigenvalue weighted by Gasteiger charge is -2.45. The molecule has 3 rings (SSSR count). The number of rotatable bonds is 7. The van der Waals surface area contributed by atoms with Crippen molar-refractivity contribution in [1.82, 2.24) is 0 Å². The van der Waals surface area contributed by atoms with Crippen molar-refractivity contribution < 1.29 is 19.0 Å². The Balaban J connectivity index is 1.82. The van der Waals surface area contributed by atoms with Gasteiger partial charge in [0.25, 0.3) is 5.91 Å². The smallest absolute Gasteiger partial charge is 0.259 e. The molecule has 2 atom stereocenters. The molecule has 0 saturated carbocycles. The molecule has 0 bridgehead atoms. The molecular weight excluding hydrogens is 318 g/mol. The van der Waals surface area contributed by atoms with Gasteiger partial charge < -0.3 is 14.2 Å². The first-order chi connectivity index (χ1) is 12.2. The molecule has 5 heteroatoms. The van der Waals surface area contributed by atoms with Crippen molar-refractivity contribution in [3.63, 3.8) is 0 Å². The lowest BCUT2D eigenvalue weighted by molar-refractivity contribution is -0.151. The van der Waals surface area contributed by atoms with Crippen LogP contribution in [0, 0.1) is 0 Å². The molecule has 1 saturated heterocycles. The van der Waals surface area contributed by atoms with Gasteiger partial charge >= 0.3 is 0 Å². The average molecular weight is 339 g/mol. The van der Waals surface area contributed by atoms with E-state index in [1.165, 1.54) is 0 Å². The Morgan fingerprint density at radius 2 is 1.76 bits per heavy atom. The Morgan fingerprint density at radius 1 is 1.04 bits per heavy atom. The maximum atomic E-state index is 12.5. The largest absolute Gasteiger partial charge is 0.497 e. The molecule has 1 heterocycles. The predicted molar refractivity (Wildman–Crippen MR) is 96.5 cm³/mol. The van der Waals surface area contributed by atoms with Crippen LogP contribution >= 0.6 is 0 Å². The summed E-state index contributed by atoms with van der Waals surface area (Å²) in [5.41, 5.74) is 1.88. The average Bonchev–Trinajstić information content (AvgIpc) is 2.66. The number of carbonyl (C=O) groups excluding carboxylic acids is 1. The third-order valence-corrected chi connectivity index (χ3v) is 4.09. The minimum absolute atomic E-state index is 0.0788. The number of hydrogen-bond donors (Lipinski definition) is 0. The quantitative estimate of drug-likeness (QED) is 0.574. The van der Waals surface area contributed by atoms with Gasteiger partial charge in [-0.25, -0.2) is 0 Å². The van der Waals surface area contributed by atoms with Gasteiger partial charge in [-0.05, 0) is 29.8 Å². The summed E-state index contributed by atoms with van der Waals surface area (Å²) >= 11 is 0. The molecule has 2 aromatic carbocycles. The molecule has 0 radical (unpaired) electrons. The molecule has 1 aliphatic heterocycles. The van der Waals surface area contributed by atoms with E-state index in [0.717, 1.165) is 17.0 Å². The van der Waals surface area contributed by atoms with Crippen molar-refractivity contribution in [2.45, 2.75) is 12.1 Å². The molecule has 0 spiro atoms. The predicted octanol–water partition coefficient (Wildman–Crippen LogP) is 3.11. The molecule has 1 aliphatic rings. The molecular formula is C20H21NO4. The second-order valence-corrected chi connectivity index (χ2v) is 5.66. The summed E-state index contributed by atoms with van der Waals surface area (Å²) in [5.74, 6) is 0.671. The normalized spacial score (nSPS) is 19.9. The van der Waals surface area contributed by atoms with Crippen LogP contribution in [0.1, 0.15) is 5.56 Å². The van der Waals surface area contributed by atoms with Crippen molar-refractivity contribution in [3.05, 3.63) is 66.2 Å².